The zero-order chi connectivity index (χ0) is 10.8. The van der Waals surface area contributed by atoms with Crippen LogP contribution in [0.2, 0.25) is 0 Å². The second-order valence-corrected chi connectivity index (χ2v) is 3.94. The molecule has 0 aromatic heterocycles. The standard InChI is InChI=1S/C12H16N2O/c1-2-10(13)9-5-3-4-8-6-7-11(15)14-12(8)9/h3-5,10H,2,6-7,13H2,1H3,(H,14,15). The Balaban J connectivity index is 2.43. The maximum atomic E-state index is 11.3. The first-order valence-electron chi connectivity index (χ1n) is 5.39. The van der Waals surface area contributed by atoms with Gasteiger partial charge in [-0.25, -0.2) is 0 Å². The molecule has 1 heterocycles. The van der Waals surface area contributed by atoms with Gasteiger partial charge in [0.25, 0.3) is 0 Å². The number of fused-ring (bicyclic) bond motifs is 1. The van der Waals surface area contributed by atoms with E-state index in [0.29, 0.717) is 6.42 Å². The molecule has 1 amide bonds. The van der Waals surface area contributed by atoms with E-state index in [9.17, 15) is 4.79 Å². The number of hydrogen-bond acceptors (Lipinski definition) is 2. The van der Waals surface area contributed by atoms with E-state index < -0.39 is 0 Å². The number of carbonyl (C=O) groups excluding carboxylic acids is 1. The summed E-state index contributed by atoms with van der Waals surface area (Å²) in [6, 6.07) is 6.08. The molecule has 0 aliphatic carbocycles. The van der Waals surface area contributed by atoms with Gasteiger partial charge in [0.2, 0.25) is 5.91 Å². The van der Waals surface area contributed by atoms with E-state index in [1.165, 1.54) is 5.56 Å². The molecule has 0 radical (unpaired) electrons. The molecule has 1 aromatic carbocycles. The Bertz CT molecular complexity index is 387. The van der Waals surface area contributed by atoms with Gasteiger partial charge in [-0.2, -0.15) is 0 Å². The van der Waals surface area contributed by atoms with Crippen molar-refractivity contribution >= 4 is 11.6 Å². The predicted molar refractivity (Wildman–Crippen MR) is 60.6 cm³/mol. The van der Waals surface area contributed by atoms with Gasteiger partial charge >= 0.3 is 0 Å². The minimum absolute atomic E-state index is 0.0124. The van der Waals surface area contributed by atoms with Crippen LogP contribution >= 0.6 is 0 Å². The second kappa shape index (κ2) is 4.03. The lowest BCUT2D eigenvalue weighted by Crippen LogP contribution is -2.22. The van der Waals surface area contributed by atoms with Crippen LogP contribution in [0.15, 0.2) is 18.2 Å². The highest BCUT2D eigenvalue weighted by molar-refractivity contribution is 5.94. The molecule has 0 fully saturated rings. The molecule has 15 heavy (non-hydrogen) atoms. The van der Waals surface area contributed by atoms with E-state index in [2.05, 4.69) is 18.3 Å². The highest BCUT2D eigenvalue weighted by Gasteiger charge is 2.19. The third kappa shape index (κ3) is 1.88. The fraction of sp³-hybridized carbons (Fsp3) is 0.417. The van der Waals surface area contributed by atoms with Crippen molar-refractivity contribution in [2.24, 2.45) is 5.73 Å². The molecule has 0 spiro atoms. The fourth-order valence-corrected chi connectivity index (χ4v) is 1.96. The average molecular weight is 204 g/mol. The second-order valence-electron chi connectivity index (χ2n) is 3.94. The summed E-state index contributed by atoms with van der Waals surface area (Å²) in [5.41, 5.74) is 9.22. The first kappa shape index (κ1) is 10.2. The highest BCUT2D eigenvalue weighted by Crippen LogP contribution is 2.30. The van der Waals surface area contributed by atoms with Crippen molar-refractivity contribution in [3.63, 3.8) is 0 Å². The zero-order valence-corrected chi connectivity index (χ0v) is 8.92. The number of hydrogen-bond donors (Lipinski definition) is 2. The topological polar surface area (TPSA) is 55.1 Å². The van der Waals surface area contributed by atoms with Gasteiger partial charge in [0.05, 0.1) is 0 Å². The fourth-order valence-electron chi connectivity index (χ4n) is 1.96. The number of nitrogens with two attached hydrogens (primary N) is 1. The molecule has 3 heteroatoms. The summed E-state index contributed by atoms with van der Waals surface area (Å²) in [4.78, 5) is 11.3. The van der Waals surface area contributed by atoms with E-state index in [4.69, 9.17) is 5.73 Å². The summed E-state index contributed by atoms with van der Waals surface area (Å²) in [5, 5.41) is 2.92. The number of carbonyl (C=O) groups is 1. The third-order valence-electron chi connectivity index (χ3n) is 2.91. The lowest BCUT2D eigenvalue weighted by atomic mass is 9.95. The van der Waals surface area contributed by atoms with E-state index in [1.807, 2.05) is 12.1 Å². The van der Waals surface area contributed by atoms with Gasteiger partial charge in [-0.15, -0.1) is 0 Å². The van der Waals surface area contributed by atoms with Crippen LogP contribution in [-0.2, 0) is 11.2 Å². The van der Waals surface area contributed by atoms with Gasteiger partial charge in [0.15, 0.2) is 0 Å². The van der Waals surface area contributed by atoms with E-state index in [0.717, 1.165) is 24.1 Å². The Kier molecular flexibility index (Phi) is 2.73. The number of para-hydroxylation sites is 1. The van der Waals surface area contributed by atoms with Gasteiger partial charge < -0.3 is 11.1 Å². The Morgan fingerprint density at radius 3 is 3.00 bits per heavy atom. The molecular weight excluding hydrogens is 188 g/mol. The summed E-state index contributed by atoms with van der Waals surface area (Å²) >= 11 is 0. The molecule has 1 aliphatic rings. The molecule has 1 aliphatic heterocycles. The molecule has 0 saturated carbocycles. The van der Waals surface area contributed by atoms with Gasteiger partial charge in [-0.05, 0) is 24.0 Å². The first-order valence-corrected chi connectivity index (χ1v) is 5.39. The Morgan fingerprint density at radius 2 is 2.27 bits per heavy atom. The number of rotatable bonds is 2. The lowest BCUT2D eigenvalue weighted by molar-refractivity contribution is -0.116. The van der Waals surface area contributed by atoms with Crippen LogP contribution in [0.3, 0.4) is 0 Å². The summed E-state index contributed by atoms with van der Waals surface area (Å²) in [6.45, 7) is 2.05. The van der Waals surface area contributed by atoms with Gasteiger partial charge in [-0.3, -0.25) is 4.79 Å². The van der Waals surface area contributed by atoms with E-state index in [-0.39, 0.29) is 11.9 Å². The van der Waals surface area contributed by atoms with Crippen LogP contribution in [0.1, 0.15) is 36.9 Å². The van der Waals surface area contributed by atoms with Crippen molar-refractivity contribution in [2.45, 2.75) is 32.2 Å². The smallest absolute Gasteiger partial charge is 0.224 e. The number of amides is 1. The Labute approximate surface area is 89.7 Å². The quantitative estimate of drug-likeness (QED) is 0.774. The molecule has 0 saturated heterocycles. The largest absolute Gasteiger partial charge is 0.326 e. The lowest BCUT2D eigenvalue weighted by Gasteiger charge is -2.22. The molecule has 1 unspecified atom stereocenters. The van der Waals surface area contributed by atoms with Gasteiger partial charge in [-0.1, -0.05) is 25.1 Å². The van der Waals surface area contributed by atoms with Crippen molar-refractivity contribution in [1.29, 1.82) is 0 Å². The molecule has 3 nitrogen and oxygen atoms in total. The first-order chi connectivity index (χ1) is 7.22. The SMILES string of the molecule is CCC(N)c1cccc2c1NC(=O)CC2. The van der Waals surface area contributed by atoms with Crippen LogP contribution < -0.4 is 11.1 Å². The molecule has 1 aromatic rings. The number of aryl methyl sites for hydroxylation is 1. The molecule has 1 atom stereocenters. The highest BCUT2D eigenvalue weighted by atomic mass is 16.1. The zero-order valence-electron chi connectivity index (χ0n) is 8.92. The normalized spacial score (nSPS) is 16.8. The minimum atomic E-state index is 0.0124. The monoisotopic (exact) mass is 204 g/mol. The van der Waals surface area contributed by atoms with Gasteiger partial charge in [0.1, 0.15) is 0 Å². The van der Waals surface area contributed by atoms with Crippen LogP contribution in [0, 0.1) is 0 Å². The van der Waals surface area contributed by atoms with E-state index >= 15 is 0 Å². The van der Waals surface area contributed by atoms with Crippen molar-refractivity contribution in [1.82, 2.24) is 0 Å². The molecular formula is C12H16N2O. The van der Waals surface area contributed by atoms with Crippen LogP contribution in [-0.4, -0.2) is 5.91 Å². The predicted octanol–water partition coefficient (Wildman–Crippen LogP) is 1.98. The van der Waals surface area contributed by atoms with E-state index in [1.54, 1.807) is 0 Å². The van der Waals surface area contributed by atoms with Gasteiger partial charge in [0, 0.05) is 18.2 Å². The van der Waals surface area contributed by atoms with Crippen LogP contribution in [0.5, 0.6) is 0 Å². The number of nitrogens with one attached hydrogen (secondary N) is 1. The number of anilines is 1. The maximum absolute atomic E-state index is 11.3. The van der Waals surface area contributed by atoms with Crippen molar-refractivity contribution < 1.29 is 4.79 Å². The van der Waals surface area contributed by atoms with Crippen LogP contribution in [0.4, 0.5) is 5.69 Å². The average Bonchev–Trinajstić information content (AvgIpc) is 2.27. The maximum Gasteiger partial charge on any atom is 0.224 e. The van der Waals surface area contributed by atoms with Crippen molar-refractivity contribution in [3.05, 3.63) is 29.3 Å². The summed E-state index contributed by atoms with van der Waals surface area (Å²) < 4.78 is 0. The van der Waals surface area contributed by atoms with Crippen molar-refractivity contribution in [2.75, 3.05) is 5.32 Å². The van der Waals surface area contributed by atoms with Crippen molar-refractivity contribution in [3.8, 4) is 0 Å². The minimum Gasteiger partial charge on any atom is -0.326 e. The molecule has 0 bridgehead atoms. The van der Waals surface area contributed by atoms with Crippen LogP contribution in [0.25, 0.3) is 0 Å². The molecule has 80 valence electrons. The molecule has 2 rings (SSSR count). The Hall–Kier alpha value is -1.35. The molecule has 3 N–H and O–H groups in total. The summed E-state index contributed by atoms with van der Waals surface area (Å²) in [6.07, 6.45) is 2.29. The Morgan fingerprint density at radius 1 is 1.47 bits per heavy atom. The summed E-state index contributed by atoms with van der Waals surface area (Å²) in [7, 11) is 0. The number of benzene rings is 1. The third-order valence-corrected chi connectivity index (χ3v) is 2.91. The summed E-state index contributed by atoms with van der Waals surface area (Å²) in [5.74, 6) is 0.0956.